The van der Waals surface area contributed by atoms with Gasteiger partial charge in [-0.3, -0.25) is 0 Å². The molecule has 2 fully saturated rings. The number of hydrogen-bond acceptors (Lipinski definition) is 4. The Kier molecular flexibility index (Phi) is 2.37. The van der Waals surface area contributed by atoms with E-state index in [0.717, 1.165) is 24.7 Å². The van der Waals surface area contributed by atoms with Gasteiger partial charge in [-0.15, -0.1) is 23.5 Å². The monoisotopic (exact) mass is 192 g/mol. The molecule has 0 radical (unpaired) electrons. The highest BCUT2D eigenvalue weighted by Gasteiger charge is 2.42. The fourth-order valence-electron chi connectivity index (χ4n) is 1.33. The largest absolute Gasteiger partial charge is 0.363 e. The van der Waals surface area contributed by atoms with Crippen molar-refractivity contribution in [3.05, 3.63) is 0 Å². The Bertz CT molecular complexity index is 139. The van der Waals surface area contributed by atoms with Crippen molar-refractivity contribution in [3.8, 4) is 0 Å². The lowest BCUT2D eigenvalue weighted by atomic mass is 10.4. The van der Waals surface area contributed by atoms with E-state index in [4.69, 9.17) is 9.47 Å². The molecular formula is C7H12O2S2. The summed E-state index contributed by atoms with van der Waals surface area (Å²) >= 11 is 3.74. The zero-order chi connectivity index (χ0) is 7.73. The molecule has 0 aliphatic carbocycles. The summed E-state index contributed by atoms with van der Waals surface area (Å²) in [5.74, 6) is 2.22. The SMILES string of the molecule is CC1(C2OCCS2)OCCS1. The van der Waals surface area contributed by atoms with E-state index in [1.807, 2.05) is 23.5 Å². The predicted molar refractivity (Wildman–Crippen MR) is 49.0 cm³/mol. The summed E-state index contributed by atoms with van der Waals surface area (Å²) in [7, 11) is 0. The Balaban J connectivity index is 2.00. The van der Waals surface area contributed by atoms with Gasteiger partial charge in [-0.2, -0.15) is 0 Å². The molecule has 11 heavy (non-hydrogen) atoms. The molecule has 0 bridgehead atoms. The normalized spacial score (nSPS) is 45.0. The third kappa shape index (κ3) is 1.54. The maximum absolute atomic E-state index is 5.64. The molecule has 2 heterocycles. The number of ether oxygens (including phenoxy) is 2. The first-order valence-corrected chi connectivity index (χ1v) is 5.86. The standard InChI is InChI=1S/C7H12O2S2/c1-7(9-3-5-11-7)6-8-2-4-10-6/h6H,2-5H2,1H3. The smallest absolute Gasteiger partial charge is 0.146 e. The van der Waals surface area contributed by atoms with E-state index in [2.05, 4.69) is 6.92 Å². The van der Waals surface area contributed by atoms with Gasteiger partial charge in [0.15, 0.2) is 0 Å². The van der Waals surface area contributed by atoms with Crippen molar-refractivity contribution < 1.29 is 9.47 Å². The van der Waals surface area contributed by atoms with Crippen molar-refractivity contribution in [1.82, 2.24) is 0 Å². The van der Waals surface area contributed by atoms with E-state index in [0.29, 0.717) is 0 Å². The minimum absolute atomic E-state index is 0.0683. The minimum Gasteiger partial charge on any atom is -0.363 e. The Hall–Kier alpha value is 0.620. The maximum atomic E-state index is 5.64. The molecule has 0 saturated carbocycles. The zero-order valence-electron chi connectivity index (χ0n) is 6.54. The van der Waals surface area contributed by atoms with Crippen molar-refractivity contribution in [3.63, 3.8) is 0 Å². The van der Waals surface area contributed by atoms with Gasteiger partial charge in [0.1, 0.15) is 10.4 Å². The Morgan fingerprint density at radius 1 is 1.36 bits per heavy atom. The first-order valence-electron chi connectivity index (χ1n) is 3.82. The predicted octanol–water partition coefficient (Wildman–Crippen LogP) is 1.56. The highest BCUT2D eigenvalue weighted by Crippen LogP contribution is 2.43. The number of thioether (sulfide) groups is 2. The van der Waals surface area contributed by atoms with Crippen LogP contribution in [0.3, 0.4) is 0 Å². The summed E-state index contributed by atoms with van der Waals surface area (Å²) in [5.41, 5.74) is 0.259. The Morgan fingerprint density at radius 2 is 2.27 bits per heavy atom. The van der Waals surface area contributed by atoms with Crippen molar-refractivity contribution in [2.24, 2.45) is 0 Å². The molecule has 2 unspecified atom stereocenters. The van der Waals surface area contributed by atoms with E-state index in [1.54, 1.807) is 0 Å². The second-order valence-corrected chi connectivity index (χ2v) is 5.46. The minimum atomic E-state index is -0.0683. The van der Waals surface area contributed by atoms with Gasteiger partial charge in [-0.1, -0.05) is 0 Å². The summed E-state index contributed by atoms with van der Waals surface area (Å²) in [6.45, 7) is 3.89. The van der Waals surface area contributed by atoms with Gasteiger partial charge < -0.3 is 9.47 Å². The molecule has 0 N–H and O–H groups in total. The van der Waals surface area contributed by atoms with Crippen LogP contribution < -0.4 is 0 Å². The second-order valence-electron chi connectivity index (χ2n) is 2.79. The molecule has 0 aromatic heterocycles. The van der Waals surface area contributed by atoms with Gasteiger partial charge in [0, 0.05) is 11.5 Å². The molecule has 0 amide bonds. The molecule has 2 saturated heterocycles. The van der Waals surface area contributed by atoms with Gasteiger partial charge in [-0.05, 0) is 6.92 Å². The first kappa shape index (κ1) is 8.23. The quantitative estimate of drug-likeness (QED) is 0.627. The van der Waals surface area contributed by atoms with Crippen LogP contribution in [0.4, 0.5) is 0 Å². The van der Waals surface area contributed by atoms with Gasteiger partial charge in [0.2, 0.25) is 0 Å². The molecule has 2 rings (SSSR count). The van der Waals surface area contributed by atoms with Crippen LogP contribution in [0.2, 0.25) is 0 Å². The van der Waals surface area contributed by atoms with Crippen LogP contribution in [-0.2, 0) is 9.47 Å². The molecule has 0 spiro atoms. The third-order valence-electron chi connectivity index (χ3n) is 1.91. The van der Waals surface area contributed by atoms with Crippen molar-refractivity contribution in [2.45, 2.75) is 17.3 Å². The molecule has 2 aliphatic heterocycles. The summed E-state index contributed by atoms with van der Waals surface area (Å²) in [4.78, 5) is -0.0683. The van der Waals surface area contributed by atoms with Crippen LogP contribution in [0.15, 0.2) is 0 Å². The van der Waals surface area contributed by atoms with Gasteiger partial charge in [0.25, 0.3) is 0 Å². The lowest BCUT2D eigenvalue weighted by Gasteiger charge is -2.27. The second kappa shape index (κ2) is 3.17. The summed E-state index contributed by atoms with van der Waals surface area (Å²) in [5, 5.41) is 0. The molecule has 2 atom stereocenters. The van der Waals surface area contributed by atoms with E-state index in [-0.39, 0.29) is 10.4 Å². The highest BCUT2D eigenvalue weighted by molar-refractivity contribution is 8.04. The molecule has 2 aliphatic rings. The average Bonchev–Trinajstić information content (AvgIpc) is 2.55. The van der Waals surface area contributed by atoms with E-state index in [1.165, 1.54) is 0 Å². The zero-order valence-corrected chi connectivity index (χ0v) is 8.17. The third-order valence-corrected chi connectivity index (χ3v) is 4.63. The summed E-state index contributed by atoms with van der Waals surface area (Å²) in [6.07, 6.45) is 0. The van der Waals surface area contributed by atoms with Gasteiger partial charge in [0.05, 0.1) is 13.2 Å². The molecule has 4 heteroatoms. The van der Waals surface area contributed by atoms with E-state index < -0.39 is 0 Å². The van der Waals surface area contributed by atoms with Crippen LogP contribution in [0.5, 0.6) is 0 Å². The van der Waals surface area contributed by atoms with Gasteiger partial charge in [-0.25, -0.2) is 0 Å². The van der Waals surface area contributed by atoms with Crippen LogP contribution >= 0.6 is 23.5 Å². The molecule has 0 aromatic rings. The van der Waals surface area contributed by atoms with Crippen molar-refractivity contribution in [1.29, 1.82) is 0 Å². The first-order chi connectivity index (χ1) is 5.31. The lowest BCUT2D eigenvalue weighted by Crippen LogP contribution is -2.33. The highest BCUT2D eigenvalue weighted by atomic mass is 32.2. The van der Waals surface area contributed by atoms with Crippen molar-refractivity contribution in [2.75, 3.05) is 24.7 Å². The lowest BCUT2D eigenvalue weighted by molar-refractivity contribution is -0.0193. The fraction of sp³-hybridized carbons (Fsp3) is 1.00. The van der Waals surface area contributed by atoms with Crippen LogP contribution in [0.1, 0.15) is 6.92 Å². The van der Waals surface area contributed by atoms with Crippen molar-refractivity contribution >= 4 is 23.5 Å². The van der Waals surface area contributed by atoms with Crippen LogP contribution in [-0.4, -0.2) is 35.1 Å². The summed E-state index contributed by atoms with van der Waals surface area (Å²) in [6, 6.07) is 0. The number of hydrogen-bond donors (Lipinski definition) is 0. The molecule has 2 nitrogen and oxygen atoms in total. The van der Waals surface area contributed by atoms with Crippen LogP contribution in [0.25, 0.3) is 0 Å². The Morgan fingerprint density at radius 3 is 2.82 bits per heavy atom. The van der Waals surface area contributed by atoms with Gasteiger partial charge >= 0.3 is 0 Å². The molecule has 0 aromatic carbocycles. The van der Waals surface area contributed by atoms with E-state index >= 15 is 0 Å². The van der Waals surface area contributed by atoms with E-state index in [9.17, 15) is 0 Å². The topological polar surface area (TPSA) is 18.5 Å². The molecular weight excluding hydrogens is 180 g/mol. The Labute approximate surface area is 75.4 Å². The average molecular weight is 192 g/mol. The molecule has 64 valence electrons. The fourth-order valence-corrected chi connectivity index (χ4v) is 3.65. The number of rotatable bonds is 1. The summed E-state index contributed by atoms with van der Waals surface area (Å²) < 4.78 is 11.2. The maximum Gasteiger partial charge on any atom is 0.146 e. The van der Waals surface area contributed by atoms with Crippen LogP contribution in [0, 0.1) is 0 Å².